The lowest BCUT2D eigenvalue weighted by Gasteiger charge is -2.31. The number of amides is 1. The molecule has 3 rings (SSSR count). The highest BCUT2D eigenvalue weighted by Gasteiger charge is 2.27. The van der Waals surface area contributed by atoms with Crippen LogP contribution < -0.4 is 5.32 Å². The second-order valence-corrected chi connectivity index (χ2v) is 5.26. The zero-order valence-electron chi connectivity index (χ0n) is 10.7. The molecule has 0 radical (unpaired) electrons. The summed E-state index contributed by atoms with van der Waals surface area (Å²) >= 11 is 0. The van der Waals surface area contributed by atoms with Gasteiger partial charge in [0.25, 0.3) is 5.91 Å². The molecule has 98 valence electrons. The van der Waals surface area contributed by atoms with Crippen molar-refractivity contribution in [3.05, 3.63) is 48.0 Å². The average molecular weight is 255 g/mol. The van der Waals surface area contributed by atoms with Gasteiger partial charge in [-0.1, -0.05) is 30.3 Å². The molecule has 1 aliphatic rings. The van der Waals surface area contributed by atoms with Gasteiger partial charge in [-0.25, -0.2) is 0 Å². The Morgan fingerprint density at radius 3 is 2.63 bits per heavy atom. The molecule has 2 aromatic rings. The summed E-state index contributed by atoms with van der Waals surface area (Å²) in [6, 6.07) is 13.7. The summed E-state index contributed by atoms with van der Waals surface area (Å²) in [4.78, 5) is 12.0. The Kier molecular flexibility index (Phi) is 3.22. The van der Waals surface area contributed by atoms with Crippen molar-refractivity contribution in [1.82, 2.24) is 5.32 Å². The third kappa shape index (κ3) is 2.61. The number of hydrogen-bond donors (Lipinski definition) is 2. The van der Waals surface area contributed by atoms with Gasteiger partial charge in [0.2, 0.25) is 0 Å². The van der Waals surface area contributed by atoms with E-state index in [0.29, 0.717) is 18.0 Å². The van der Waals surface area contributed by atoms with E-state index in [1.54, 1.807) is 0 Å². The van der Waals surface area contributed by atoms with Crippen LogP contribution in [0.3, 0.4) is 0 Å². The number of fused-ring (bicyclic) bond motifs is 1. The molecular weight excluding hydrogens is 238 g/mol. The number of carbonyl (C=O) groups is 1. The van der Waals surface area contributed by atoms with E-state index in [1.165, 1.54) is 0 Å². The Hall–Kier alpha value is -1.87. The first-order valence-electron chi connectivity index (χ1n) is 6.67. The van der Waals surface area contributed by atoms with Crippen molar-refractivity contribution in [2.24, 2.45) is 5.92 Å². The van der Waals surface area contributed by atoms with Crippen LogP contribution >= 0.6 is 0 Å². The standard InChI is InChI=1S/C16H17NO2/c18-15-7-11(8-15)10-17-16(19)14-6-5-12-3-1-2-4-13(12)9-14/h1-6,9,11,15,18H,7-8,10H2,(H,17,19). The summed E-state index contributed by atoms with van der Waals surface area (Å²) < 4.78 is 0. The van der Waals surface area contributed by atoms with Crippen molar-refractivity contribution in [1.29, 1.82) is 0 Å². The van der Waals surface area contributed by atoms with E-state index in [1.807, 2.05) is 42.5 Å². The molecule has 19 heavy (non-hydrogen) atoms. The van der Waals surface area contributed by atoms with E-state index in [0.717, 1.165) is 23.6 Å². The minimum Gasteiger partial charge on any atom is -0.393 e. The lowest BCUT2D eigenvalue weighted by Crippen LogP contribution is -2.38. The summed E-state index contributed by atoms with van der Waals surface area (Å²) in [5.41, 5.74) is 0.693. The number of aliphatic hydroxyl groups is 1. The minimum atomic E-state index is -0.164. The molecule has 1 aliphatic carbocycles. The molecule has 0 heterocycles. The maximum atomic E-state index is 12.0. The highest BCUT2D eigenvalue weighted by Crippen LogP contribution is 2.26. The molecule has 1 fully saturated rings. The van der Waals surface area contributed by atoms with Crippen LogP contribution in [-0.4, -0.2) is 23.7 Å². The van der Waals surface area contributed by atoms with Crippen molar-refractivity contribution >= 4 is 16.7 Å². The molecule has 1 saturated carbocycles. The number of benzene rings is 2. The van der Waals surface area contributed by atoms with Gasteiger partial charge in [0.15, 0.2) is 0 Å². The number of nitrogens with one attached hydrogen (secondary N) is 1. The second kappa shape index (κ2) is 5.02. The highest BCUT2D eigenvalue weighted by atomic mass is 16.3. The number of carbonyl (C=O) groups excluding carboxylic acids is 1. The van der Waals surface area contributed by atoms with Gasteiger partial charge < -0.3 is 10.4 Å². The SMILES string of the molecule is O=C(NCC1CC(O)C1)c1ccc2ccccc2c1. The normalized spacial score (nSPS) is 21.9. The topological polar surface area (TPSA) is 49.3 Å². The van der Waals surface area contributed by atoms with Gasteiger partial charge in [0.1, 0.15) is 0 Å². The molecule has 3 nitrogen and oxygen atoms in total. The van der Waals surface area contributed by atoms with Gasteiger partial charge in [-0.3, -0.25) is 4.79 Å². The smallest absolute Gasteiger partial charge is 0.251 e. The first-order chi connectivity index (χ1) is 9.22. The van der Waals surface area contributed by atoms with Crippen LogP contribution in [0.25, 0.3) is 10.8 Å². The number of aliphatic hydroxyl groups excluding tert-OH is 1. The molecule has 0 spiro atoms. The van der Waals surface area contributed by atoms with Gasteiger partial charge in [-0.05, 0) is 41.7 Å². The molecule has 0 bridgehead atoms. The Labute approximate surface area is 112 Å². The zero-order chi connectivity index (χ0) is 13.2. The quantitative estimate of drug-likeness (QED) is 0.884. The van der Waals surface area contributed by atoms with Crippen molar-refractivity contribution in [3.8, 4) is 0 Å². The molecule has 3 heteroatoms. The van der Waals surface area contributed by atoms with E-state index in [-0.39, 0.29) is 12.0 Å². The Morgan fingerprint density at radius 1 is 1.16 bits per heavy atom. The van der Waals surface area contributed by atoms with Crippen molar-refractivity contribution < 1.29 is 9.90 Å². The van der Waals surface area contributed by atoms with Crippen LogP contribution in [0.5, 0.6) is 0 Å². The Bertz CT molecular complexity index is 602. The maximum absolute atomic E-state index is 12.0. The van der Waals surface area contributed by atoms with Gasteiger partial charge in [0.05, 0.1) is 6.10 Å². The van der Waals surface area contributed by atoms with Crippen LogP contribution in [0.4, 0.5) is 0 Å². The summed E-state index contributed by atoms with van der Waals surface area (Å²) in [6.45, 7) is 0.655. The first-order valence-corrected chi connectivity index (χ1v) is 6.67. The molecule has 0 saturated heterocycles. The van der Waals surface area contributed by atoms with E-state index in [2.05, 4.69) is 5.32 Å². The third-order valence-electron chi connectivity index (χ3n) is 3.77. The van der Waals surface area contributed by atoms with Gasteiger partial charge >= 0.3 is 0 Å². The average Bonchev–Trinajstić information content (AvgIpc) is 2.41. The molecular formula is C16H17NO2. The van der Waals surface area contributed by atoms with Crippen LogP contribution in [0.1, 0.15) is 23.2 Å². The van der Waals surface area contributed by atoms with Crippen molar-refractivity contribution in [2.75, 3.05) is 6.54 Å². The summed E-state index contributed by atoms with van der Waals surface area (Å²) in [6.07, 6.45) is 1.44. The van der Waals surface area contributed by atoms with Gasteiger partial charge in [0, 0.05) is 12.1 Å². The second-order valence-electron chi connectivity index (χ2n) is 5.26. The van der Waals surface area contributed by atoms with Crippen LogP contribution in [-0.2, 0) is 0 Å². The van der Waals surface area contributed by atoms with E-state index in [9.17, 15) is 9.90 Å². The van der Waals surface area contributed by atoms with E-state index < -0.39 is 0 Å². The molecule has 0 unspecified atom stereocenters. The fourth-order valence-corrected chi connectivity index (χ4v) is 2.54. The third-order valence-corrected chi connectivity index (χ3v) is 3.77. The number of rotatable bonds is 3. The lowest BCUT2D eigenvalue weighted by atomic mass is 9.82. The van der Waals surface area contributed by atoms with E-state index >= 15 is 0 Å². The van der Waals surface area contributed by atoms with Gasteiger partial charge in [-0.2, -0.15) is 0 Å². The van der Waals surface area contributed by atoms with Crippen LogP contribution in [0.15, 0.2) is 42.5 Å². The number of hydrogen-bond acceptors (Lipinski definition) is 2. The van der Waals surface area contributed by atoms with Gasteiger partial charge in [-0.15, -0.1) is 0 Å². The predicted octanol–water partition coefficient (Wildman–Crippen LogP) is 2.34. The minimum absolute atomic E-state index is 0.0351. The monoisotopic (exact) mass is 255 g/mol. The molecule has 0 aliphatic heterocycles. The fraction of sp³-hybridized carbons (Fsp3) is 0.312. The Balaban J connectivity index is 1.67. The first kappa shape index (κ1) is 12.2. The summed E-state index contributed by atoms with van der Waals surface area (Å²) in [7, 11) is 0. The molecule has 0 atom stereocenters. The van der Waals surface area contributed by atoms with Crippen molar-refractivity contribution in [2.45, 2.75) is 18.9 Å². The van der Waals surface area contributed by atoms with Crippen LogP contribution in [0.2, 0.25) is 0 Å². The van der Waals surface area contributed by atoms with Crippen LogP contribution in [0, 0.1) is 5.92 Å². The largest absolute Gasteiger partial charge is 0.393 e. The summed E-state index contributed by atoms with van der Waals surface area (Å²) in [5, 5.41) is 14.4. The molecule has 2 aromatic carbocycles. The zero-order valence-corrected chi connectivity index (χ0v) is 10.7. The summed E-state index contributed by atoms with van der Waals surface area (Å²) in [5.74, 6) is 0.395. The Morgan fingerprint density at radius 2 is 1.89 bits per heavy atom. The molecule has 0 aromatic heterocycles. The fourth-order valence-electron chi connectivity index (χ4n) is 2.54. The molecule has 1 amide bonds. The van der Waals surface area contributed by atoms with Crippen molar-refractivity contribution in [3.63, 3.8) is 0 Å². The highest BCUT2D eigenvalue weighted by molar-refractivity contribution is 5.98. The predicted molar refractivity (Wildman–Crippen MR) is 75.0 cm³/mol. The molecule has 2 N–H and O–H groups in total. The van der Waals surface area contributed by atoms with E-state index in [4.69, 9.17) is 0 Å². The lowest BCUT2D eigenvalue weighted by molar-refractivity contribution is 0.0420. The maximum Gasteiger partial charge on any atom is 0.251 e.